The van der Waals surface area contributed by atoms with E-state index in [2.05, 4.69) is 0 Å². The zero-order valence-electron chi connectivity index (χ0n) is 9.93. The number of likely N-dealkylation sites (tertiary alicyclic amines) is 1. The molecule has 1 aliphatic heterocycles. The average molecular weight is 239 g/mol. The van der Waals surface area contributed by atoms with E-state index in [0.29, 0.717) is 25.9 Å². The van der Waals surface area contributed by atoms with E-state index in [1.165, 1.54) is 4.90 Å². The fourth-order valence-corrected chi connectivity index (χ4v) is 1.91. The van der Waals surface area contributed by atoms with Crippen LogP contribution < -0.4 is 0 Å². The van der Waals surface area contributed by atoms with Crippen LogP contribution in [-0.4, -0.2) is 53.6 Å². The maximum atomic E-state index is 11.9. The quantitative estimate of drug-likeness (QED) is 0.787. The number of piperidine rings is 1. The Balaban J connectivity index is 2.51. The van der Waals surface area contributed by atoms with E-state index in [1.807, 2.05) is 6.07 Å². The molecule has 1 saturated heterocycles. The SMILES string of the molecule is CN(CCC#N)C(=O)N1CCCC(C(=O)O)C1. The largest absolute Gasteiger partial charge is 0.481 e. The van der Waals surface area contributed by atoms with Gasteiger partial charge in [0.25, 0.3) is 0 Å². The Morgan fingerprint density at radius 1 is 1.59 bits per heavy atom. The molecule has 1 aliphatic rings. The first-order valence-electron chi connectivity index (χ1n) is 5.66. The smallest absolute Gasteiger partial charge is 0.319 e. The van der Waals surface area contributed by atoms with Crippen molar-refractivity contribution in [2.45, 2.75) is 19.3 Å². The molecular weight excluding hydrogens is 222 g/mol. The molecular formula is C11H17N3O3. The number of nitriles is 1. The lowest BCUT2D eigenvalue weighted by Gasteiger charge is -2.33. The minimum Gasteiger partial charge on any atom is -0.481 e. The number of nitrogens with zero attached hydrogens (tertiary/aromatic N) is 3. The summed E-state index contributed by atoms with van der Waals surface area (Å²) in [6.45, 7) is 1.24. The summed E-state index contributed by atoms with van der Waals surface area (Å²) in [6, 6.07) is 1.79. The molecule has 1 rings (SSSR count). The van der Waals surface area contributed by atoms with E-state index in [4.69, 9.17) is 10.4 Å². The molecule has 6 nitrogen and oxygen atoms in total. The molecule has 0 aromatic heterocycles. The summed E-state index contributed by atoms with van der Waals surface area (Å²) in [6.07, 6.45) is 1.63. The van der Waals surface area contributed by atoms with Gasteiger partial charge in [-0.15, -0.1) is 0 Å². The fraction of sp³-hybridized carbons (Fsp3) is 0.727. The summed E-state index contributed by atoms with van der Waals surface area (Å²) in [4.78, 5) is 25.8. The van der Waals surface area contributed by atoms with Crippen LogP contribution in [0.3, 0.4) is 0 Å². The molecule has 0 radical (unpaired) electrons. The minimum absolute atomic E-state index is 0.189. The Labute approximate surface area is 100 Å². The lowest BCUT2D eigenvalue weighted by Crippen LogP contribution is -2.47. The Morgan fingerprint density at radius 2 is 2.29 bits per heavy atom. The standard InChI is InChI=1S/C11H17N3O3/c1-13(6-3-5-12)11(17)14-7-2-4-9(8-14)10(15)16/h9H,2-4,6-8H2,1H3,(H,15,16). The molecule has 1 fully saturated rings. The van der Waals surface area contributed by atoms with Gasteiger partial charge >= 0.3 is 12.0 Å². The van der Waals surface area contributed by atoms with Crippen LogP contribution in [0.15, 0.2) is 0 Å². The summed E-state index contributed by atoms with van der Waals surface area (Å²) in [5.74, 6) is -1.31. The van der Waals surface area contributed by atoms with Crippen LogP contribution in [0.2, 0.25) is 0 Å². The first-order chi connectivity index (χ1) is 8.06. The van der Waals surface area contributed by atoms with E-state index in [1.54, 1.807) is 11.9 Å². The van der Waals surface area contributed by atoms with Crippen LogP contribution in [0.1, 0.15) is 19.3 Å². The van der Waals surface area contributed by atoms with Crippen molar-refractivity contribution < 1.29 is 14.7 Å². The molecule has 0 aromatic carbocycles. The van der Waals surface area contributed by atoms with Gasteiger partial charge in [0.2, 0.25) is 0 Å². The number of carboxylic acid groups (broad SMARTS) is 1. The minimum atomic E-state index is -0.845. The molecule has 1 heterocycles. The van der Waals surface area contributed by atoms with Crippen LogP contribution in [0.5, 0.6) is 0 Å². The van der Waals surface area contributed by atoms with Crippen molar-refractivity contribution in [3.63, 3.8) is 0 Å². The third-order valence-corrected chi connectivity index (χ3v) is 2.93. The van der Waals surface area contributed by atoms with Crippen molar-refractivity contribution >= 4 is 12.0 Å². The van der Waals surface area contributed by atoms with Gasteiger partial charge in [0, 0.05) is 26.7 Å². The third-order valence-electron chi connectivity index (χ3n) is 2.93. The molecule has 6 heteroatoms. The Bertz CT molecular complexity index is 337. The van der Waals surface area contributed by atoms with Gasteiger partial charge in [0.15, 0.2) is 0 Å². The second-order valence-electron chi connectivity index (χ2n) is 4.24. The number of amides is 2. The van der Waals surface area contributed by atoms with Gasteiger partial charge < -0.3 is 14.9 Å². The lowest BCUT2D eigenvalue weighted by molar-refractivity contribution is -0.143. The van der Waals surface area contributed by atoms with Crippen LogP contribution in [0.25, 0.3) is 0 Å². The molecule has 94 valence electrons. The maximum Gasteiger partial charge on any atom is 0.319 e. The molecule has 0 aromatic rings. The van der Waals surface area contributed by atoms with E-state index in [0.717, 1.165) is 6.42 Å². The summed E-state index contributed by atoms with van der Waals surface area (Å²) in [7, 11) is 1.63. The van der Waals surface area contributed by atoms with Crippen molar-refractivity contribution in [2.24, 2.45) is 5.92 Å². The highest BCUT2D eigenvalue weighted by molar-refractivity contribution is 5.76. The molecule has 0 aliphatic carbocycles. The first kappa shape index (κ1) is 13.3. The maximum absolute atomic E-state index is 11.9. The van der Waals surface area contributed by atoms with Crippen molar-refractivity contribution in [3.05, 3.63) is 0 Å². The van der Waals surface area contributed by atoms with Crippen LogP contribution in [0.4, 0.5) is 4.79 Å². The number of hydrogen-bond acceptors (Lipinski definition) is 3. The molecule has 0 bridgehead atoms. The second kappa shape index (κ2) is 6.09. The van der Waals surface area contributed by atoms with Gasteiger partial charge in [-0.25, -0.2) is 4.79 Å². The van der Waals surface area contributed by atoms with E-state index >= 15 is 0 Å². The number of carbonyl (C=O) groups excluding carboxylic acids is 1. The predicted octanol–water partition coefficient (Wildman–Crippen LogP) is 0.748. The molecule has 2 amide bonds. The number of carbonyl (C=O) groups is 2. The Morgan fingerprint density at radius 3 is 2.88 bits per heavy atom. The van der Waals surface area contributed by atoms with Crippen LogP contribution in [0, 0.1) is 17.2 Å². The van der Waals surface area contributed by atoms with E-state index < -0.39 is 11.9 Å². The van der Waals surface area contributed by atoms with Crippen molar-refractivity contribution in [3.8, 4) is 6.07 Å². The Hall–Kier alpha value is -1.77. The monoisotopic (exact) mass is 239 g/mol. The third kappa shape index (κ3) is 3.63. The van der Waals surface area contributed by atoms with Gasteiger partial charge in [0.05, 0.1) is 18.4 Å². The number of aliphatic carboxylic acids is 1. The van der Waals surface area contributed by atoms with Gasteiger partial charge in [-0.1, -0.05) is 0 Å². The molecule has 17 heavy (non-hydrogen) atoms. The lowest BCUT2D eigenvalue weighted by atomic mass is 9.99. The normalized spacial score (nSPS) is 19.5. The fourth-order valence-electron chi connectivity index (χ4n) is 1.91. The predicted molar refractivity (Wildman–Crippen MR) is 60.2 cm³/mol. The first-order valence-corrected chi connectivity index (χ1v) is 5.66. The summed E-state index contributed by atoms with van der Waals surface area (Å²) < 4.78 is 0. The topological polar surface area (TPSA) is 84.6 Å². The summed E-state index contributed by atoms with van der Waals surface area (Å²) in [5.41, 5.74) is 0. The van der Waals surface area contributed by atoms with Gasteiger partial charge in [-0.2, -0.15) is 5.26 Å². The highest BCUT2D eigenvalue weighted by Gasteiger charge is 2.29. The Kier molecular flexibility index (Phi) is 4.76. The highest BCUT2D eigenvalue weighted by Crippen LogP contribution is 2.17. The molecule has 1 N–H and O–H groups in total. The number of hydrogen-bond donors (Lipinski definition) is 1. The van der Waals surface area contributed by atoms with Crippen molar-refractivity contribution in [1.29, 1.82) is 5.26 Å². The van der Waals surface area contributed by atoms with Crippen LogP contribution >= 0.6 is 0 Å². The summed E-state index contributed by atoms with van der Waals surface area (Å²) >= 11 is 0. The number of carboxylic acids is 1. The second-order valence-corrected chi connectivity index (χ2v) is 4.24. The van der Waals surface area contributed by atoms with E-state index in [-0.39, 0.29) is 12.6 Å². The molecule has 1 unspecified atom stereocenters. The molecule has 0 saturated carbocycles. The van der Waals surface area contributed by atoms with E-state index in [9.17, 15) is 9.59 Å². The van der Waals surface area contributed by atoms with Crippen molar-refractivity contribution in [1.82, 2.24) is 9.80 Å². The zero-order valence-corrected chi connectivity index (χ0v) is 9.93. The van der Waals surface area contributed by atoms with Crippen LogP contribution in [-0.2, 0) is 4.79 Å². The number of rotatable bonds is 3. The molecule has 0 spiro atoms. The molecule has 1 atom stereocenters. The van der Waals surface area contributed by atoms with Gasteiger partial charge in [-0.05, 0) is 12.8 Å². The summed E-state index contributed by atoms with van der Waals surface area (Å²) in [5, 5.41) is 17.4. The average Bonchev–Trinajstić information content (AvgIpc) is 2.35. The zero-order chi connectivity index (χ0) is 12.8. The highest BCUT2D eigenvalue weighted by atomic mass is 16.4. The van der Waals surface area contributed by atoms with Crippen molar-refractivity contribution in [2.75, 3.05) is 26.7 Å². The van der Waals surface area contributed by atoms with Gasteiger partial charge in [0.1, 0.15) is 0 Å². The van der Waals surface area contributed by atoms with Gasteiger partial charge in [-0.3, -0.25) is 4.79 Å². The number of urea groups is 1.